The molecule has 0 aliphatic rings. The molecule has 0 atom stereocenters. The highest BCUT2D eigenvalue weighted by molar-refractivity contribution is 5.93. The Balaban J connectivity index is 2.47. The lowest BCUT2D eigenvalue weighted by atomic mass is 9.91. The molecule has 0 aliphatic carbocycles. The van der Waals surface area contributed by atoms with Gasteiger partial charge in [0.25, 0.3) is 5.56 Å². The minimum absolute atomic E-state index is 0.0329. The van der Waals surface area contributed by atoms with Crippen molar-refractivity contribution in [3.05, 3.63) is 45.9 Å². The van der Waals surface area contributed by atoms with Crippen LogP contribution in [0.25, 0.3) is 0 Å². The molecule has 21 heavy (non-hydrogen) atoms. The van der Waals surface area contributed by atoms with E-state index in [0.717, 1.165) is 0 Å². The molecule has 7 heteroatoms. The lowest BCUT2D eigenvalue weighted by Crippen LogP contribution is -2.12. The monoisotopic (exact) mass is 288 g/mol. The molecule has 0 spiro atoms. The zero-order chi connectivity index (χ0) is 15.6. The normalized spacial score (nSPS) is 12.0. The van der Waals surface area contributed by atoms with Crippen LogP contribution in [0.2, 0.25) is 0 Å². The van der Waals surface area contributed by atoms with Gasteiger partial charge in [0.15, 0.2) is 5.69 Å². The van der Waals surface area contributed by atoms with Gasteiger partial charge >= 0.3 is 5.97 Å². The van der Waals surface area contributed by atoms with E-state index < -0.39 is 11.5 Å². The number of carbonyl (C=O) groups is 1. The van der Waals surface area contributed by atoms with E-state index in [-0.39, 0.29) is 22.4 Å². The van der Waals surface area contributed by atoms with E-state index in [9.17, 15) is 9.59 Å². The maximum Gasteiger partial charge on any atom is 0.337 e. The summed E-state index contributed by atoms with van der Waals surface area (Å²) in [6.45, 7) is 5.78. The van der Waals surface area contributed by atoms with Gasteiger partial charge in [-0.15, -0.1) is 10.2 Å². The summed E-state index contributed by atoms with van der Waals surface area (Å²) in [6.07, 6.45) is 0. The van der Waals surface area contributed by atoms with Crippen molar-refractivity contribution in [2.45, 2.75) is 26.2 Å². The average molecular weight is 288 g/mol. The van der Waals surface area contributed by atoms with E-state index in [0.29, 0.717) is 5.69 Å². The van der Waals surface area contributed by atoms with Crippen LogP contribution in [0.1, 0.15) is 36.8 Å². The van der Waals surface area contributed by atoms with Crippen LogP contribution < -0.4 is 5.56 Å². The van der Waals surface area contributed by atoms with Gasteiger partial charge in [-0.2, -0.15) is 0 Å². The Labute approximate surface area is 120 Å². The highest BCUT2D eigenvalue weighted by Crippen LogP contribution is 2.28. The van der Waals surface area contributed by atoms with Crippen molar-refractivity contribution in [1.82, 2.24) is 10.2 Å². The zero-order valence-electron chi connectivity index (χ0n) is 12.0. The molecular formula is C14H16N4O3. The largest absolute Gasteiger partial charge is 0.478 e. The minimum atomic E-state index is -1.09. The second-order valence-corrected chi connectivity index (χ2v) is 5.58. The summed E-state index contributed by atoms with van der Waals surface area (Å²) in [7, 11) is 0. The SMILES string of the molecule is CC(C)(C)c1[nH][nH]c(=O)c1N=Nc1ccccc1C(=O)O. The van der Waals surface area contributed by atoms with Gasteiger partial charge in [0.05, 0.1) is 11.3 Å². The predicted molar refractivity (Wildman–Crippen MR) is 77.7 cm³/mol. The Morgan fingerprint density at radius 1 is 1.14 bits per heavy atom. The molecule has 0 radical (unpaired) electrons. The maximum atomic E-state index is 11.8. The summed E-state index contributed by atoms with van der Waals surface area (Å²) in [6, 6.07) is 6.23. The van der Waals surface area contributed by atoms with Crippen molar-refractivity contribution in [1.29, 1.82) is 0 Å². The molecule has 0 amide bonds. The molecule has 1 aromatic heterocycles. The van der Waals surface area contributed by atoms with Crippen LogP contribution in [0, 0.1) is 0 Å². The molecule has 0 saturated carbocycles. The molecule has 0 unspecified atom stereocenters. The fraction of sp³-hybridized carbons (Fsp3) is 0.286. The van der Waals surface area contributed by atoms with Gasteiger partial charge in [-0.1, -0.05) is 32.9 Å². The van der Waals surface area contributed by atoms with Gasteiger partial charge in [0.2, 0.25) is 0 Å². The standard InChI is InChI=1S/C14H16N4O3/c1-14(2,3)11-10(12(19)18-17-11)16-15-9-7-5-4-6-8(9)13(20)21/h4-7H,1-3H3,(H,20,21)(H2,17,18,19). The first-order valence-corrected chi connectivity index (χ1v) is 6.36. The number of nitrogens with zero attached hydrogens (tertiary/aromatic N) is 2. The summed E-state index contributed by atoms with van der Waals surface area (Å²) in [5.74, 6) is -1.09. The number of aromatic nitrogens is 2. The molecule has 0 fully saturated rings. The van der Waals surface area contributed by atoms with E-state index in [2.05, 4.69) is 20.4 Å². The zero-order valence-corrected chi connectivity index (χ0v) is 12.0. The highest BCUT2D eigenvalue weighted by Gasteiger charge is 2.22. The number of benzene rings is 1. The number of H-pyrrole nitrogens is 2. The summed E-state index contributed by atoms with van der Waals surface area (Å²) < 4.78 is 0. The Kier molecular flexibility index (Phi) is 3.75. The predicted octanol–water partition coefficient (Wildman–Crippen LogP) is 3.11. The van der Waals surface area contributed by atoms with Crippen molar-refractivity contribution in [3.63, 3.8) is 0 Å². The first-order chi connectivity index (χ1) is 9.80. The van der Waals surface area contributed by atoms with E-state index >= 15 is 0 Å². The van der Waals surface area contributed by atoms with Crippen molar-refractivity contribution in [3.8, 4) is 0 Å². The first kappa shape index (κ1) is 14.7. The molecular weight excluding hydrogens is 272 g/mol. The van der Waals surface area contributed by atoms with Crippen LogP contribution in [0.3, 0.4) is 0 Å². The van der Waals surface area contributed by atoms with Crippen LogP contribution in [0.4, 0.5) is 11.4 Å². The van der Waals surface area contributed by atoms with Crippen molar-refractivity contribution < 1.29 is 9.90 Å². The van der Waals surface area contributed by atoms with Crippen LogP contribution in [-0.2, 0) is 5.41 Å². The fourth-order valence-electron chi connectivity index (χ4n) is 1.83. The van der Waals surface area contributed by atoms with Gasteiger partial charge in [0, 0.05) is 5.41 Å². The molecule has 1 heterocycles. The molecule has 2 rings (SSSR count). The van der Waals surface area contributed by atoms with Crippen LogP contribution in [0.5, 0.6) is 0 Å². The van der Waals surface area contributed by atoms with Gasteiger partial charge in [0.1, 0.15) is 5.69 Å². The lowest BCUT2D eigenvalue weighted by molar-refractivity contribution is 0.0697. The summed E-state index contributed by atoms with van der Waals surface area (Å²) in [5.41, 5.74) is 0.291. The Hall–Kier alpha value is -2.70. The first-order valence-electron chi connectivity index (χ1n) is 6.36. The number of aromatic amines is 2. The molecule has 0 saturated heterocycles. The number of nitrogens with one attached hydrogen (secondary N) is 2. The van der Waals surface area contributed by atoms with Crippen LogP contribution in [-0.4, -0.2) is 21.3 Å². The molecule has 3 N–H and O–H groups in total. The van der Waals surface area contributed by atoms with Crippen molar-refractivity contribution in [2.24, 2.45) is 10.2 Å². The Morgan fingerprint density at radius 3 is 2.43 bits per heavy atom. The summed E-state index contributed by atoms with van der Waals surface area (Å²) in [4.78, 5) is 22.9. The van der Waals surface area contributed by atoms with Gasteiger partial charge in [-0.3, -0.25) is 15.0 Å². The number of hydrogen-bond donors (Lipinski definition) is 3. The third-order valence-corrected chi connectivity index (χ3v) is 2.90. The molecule has 2 aromatic rings. The number of carboxylic acids is 1. The van der Waals surface area contributed by atoms with Gasteiger partial charge < -0.3 is 5.11 Å². The topological polar surface area (TPSA) is 111 Å². The number of azo groups is 1. The summed E-state index contributed by atoms with van der Waals surface area (Å²) >= 11 is 0. The molecule has 0 bridgehead atoms. The summed E-state index contributed by atoms with van der Waals surface area (Å²) in [5, 5.41) is 22.2. The molecule has 1 aromatic carbocycles. The second kappa shape index (κ2) is 5.35. The molecule has 0 aliphatic heterocycles. The van der Waals surface area contributed by atoms with Gasteiger partial charge in [-0.25, -0.2) is 4.79 Å². The van der Waals surface area contributed by atoms with Crippen LogP contribution in [0.15, 0.2) is 39.3 Å². The van der Waals surface area contributed by atoms with E-state index in [1.54, 1.807) is 12.1 Å². The Morgan fingerprint density at radius 2 is 1.81 bits per heavy atom. The fourth-order valence-corrected chi connectivity index (χ4v) is 1.83. The highest BCUT2D eigenvalue weighted by atomic mass is 16.4. The number of aromatic carboxylic acids is 1. The maximum absolute atomic E-state index is 11.8. The van der Waals surface area contributed by atoms with E-state index in [1.807, 2.05) is 20.8 Å². The quantitative estimate of drug-likeness (QED) is 0.754. The third kappa shape index (κ3) is 3.07. The van der Waals surface area contributed by atoms with E-state index in [1.165, 1.54) is 12.1 Å². The second-order valence-electron chi connectivity index (χ2n) is 5.58. The minimum Gasteiger partial charge on any atom is -0.478 e. The van der Waals surface area contributed by atoms with Crippen molar-refractivity contribution >= 4 is 17.3 Å². The number of carboxylic acid groups (broad SMARTS) is 1. The number of hydrogen-bond acceptors (Lipinski definition) is 4. The smallest absolute Gasteiger partial charge is 0.337 e. The lowest BCUT2D eigenvalue weighted by Gasteiger charge is -2.15. The third-order valence-electron chi connectivity index (χ3n) is 2.90. The molecule has 7 nitrogen and oxygen atoms in total. The Bertz CT molecular complexity index is 750. The van der Waals surface area contributed by atoms with Gasteiger partial charge in [-0.05, 0) is 12.1 Å². The average Bonchev–Trinajstić information content (AvgIpc) is 2.77. The van der Waals surface area contributed by atoms with E-state index in [4.69, 9.17) is 5.11 Å². The van der Waals surface area contributed by atoms with Crippen LogP contribution >= 0.6 is 0 Å². The molecule has 110 valence electrons. The number of rotatable bonds is 3. The van der Waals surface area contributed by atoms with Crippen molar-refractivity contribution in [2.75, 3.05) is 0 Å².